The van der Waals surface area contributed by atoms with Gasteiger partial charge in [-0.05, 0) is 42.7 Å². The van der Waals surface area contributed by atoms with E-state index in [0.29, 0.717) is 5.57 Å². The van der Waals surface area contributed by atoms with E-state index in [2.05, 4.69) is 0 Å². The maximum absolute atomic E-state index is 10.5. The summed E-state index contributed by atoms with van der Waals surface area (Å²) in [5, 5.41) is 8.58. The predicted octanol–water partition coefficient (Wildman–Crippen LogP) is 3.69. The molecule has 0 aromatic heterocycles. The van der Waals surface area contributed by atoms with E-state index in [-0.39, 0.29) is 0 Å². The van der Waals surface area contributed by atoms with Crippen molar-refractivity contribution in [2.45, 2.75) is 13.8 Å². The van der Waals surface area contributed by atoms with Gasteiger partial charge in [-0.25, -0.2) is 4.79 Å². The number of aliphatic carboxylic acids is 1. The standard InChI is InChI=1S/C16H18O3/c1-12(11-16(17)18)5-4-6-13(2)14-7-9-15(19-3)10-8-14/h4-11H,1-3H3,(H,17,18)/b5-4+,12-11?,13-6-. The lowest BCUT2D eigenvalue weighted by atomic mass is 10.1. The van der Waals surface area contributed by atoms with Crippen LogP contribution in [0, 0.1) is 0 Å². The van der Waals surface area contributed by atoms with Gasteiger partial charge in [0.05, 0.1) is 7.11 Å². The molecule has 100 valence electrons. The quantitative estimate of drug-likeness (QED) is 0.647. The summed E-state index contributed by atoms with van der Waals surface area (Å²) in [7, 11) is 1.64. The lowest BCUT2D eigenvalue weighted by Gasteiger charge is -2.02. The molecule has 0 unspecified atom stereocenters. The van der Waals surface area contributed by atoms with Gasteiger partial charge in [-0.15, -0.1) is 0 Å². The van der Waals surface area contributed by atoms with Gasteiger partial charge in [-0.1, -0.05) is 30.4 Å². The lowest BCUT2D eigenvalue weighted by molar-refractivity contribution is -0.131. The summed E-state index contributed by atoms with van der Waals surface area (Å²) in [5.41, 5.74) is 2.90. The zero-order valence-electron chi connectivity index (χ0n) is 11.4. The van der Waals surface area contributed by atoms with Crippen LogP contribution in [-0.2, 0) is 4.79 Å². The van der Waals surface area contributed by atoms with E-state index >= 15 is 0 Å². The van der Waals surface area contributed by atoms with Crippen molar-refractivity contribution in [2.75, 3.05) is 7.11 Å². The third-order valence-electron chi connectivity index (χ3n) is 2.60. The van der Waals surface area contributed by atoms with Gasteiger partial charge in [0.25, 0.3) is 0 Å². The largest absolute Gasteiger partial charge is 0.497 e. The van der Waals surface area contributed by atoms with Crippen molar-refractivity contribution >= 4 is 11.5 Å². The number of carboxylic acid groups (broad SMARTS) is 1. The number of hydrogen-bond acceptors (Lipinski definition) is 2. The SMILES string of the molecule is COc1ccc(/C(C)=C\C=C\C(C)=CC(=O)O)cc1. The molecule has 0 aliphatic rings. The van der Waals surface area contributed by atoms with Gasteiger partial charge in [0.1, 0.15) is 5.75 Å². The average Bonchev–Trinajstić information content (AvgIpc) is 2.37. The highest BCUT2D eigenvalue weighted by Gasteiger charge is 1.95. The Morgan fingerprint density at radius 2 is 1.84 bits per heavy atom. The second kappa shape index (κ2) is 7.21. The minimum Gasteiger partial charge on any atom is -0.497 e. The van der Waals surface area contributed by atoms with Gasteiger partial charge < -0.3 is 9.84 Å². The van der Waals surface area contributed by atoms with Gasteiger partial charge in [0, 0.05) is 6.08 Å². The first kappa shape index (κ1) is 14.8. The van der Waals surface area contributed by atoms with Crippen LogP contribution in [0.1, 0.15) is 19.4 Å². The van der Waals surface area contributed by atoms with E-state index in [1.54, 1.807) is 20.1 Å². The summed E-state index contributed by atoms with van der Waals surface area (Å²) in [6.45, 7) is 3.75. The Balaban J connectivity index is 2.76. The van der Waals surface area contributed by atoms with Gasteiger partial charge >= 0.3 is 5.97 Å². The van der Waals surface area contributed by atoms with Crippen molar-refractivity contribution < 1.29 is 14.6 Å². The molecule has 3 heteroatoms. The second-order valence-corrected chi connectivity index (χ2v) is 4.16. The maximum Gasteiger partial charge on any atom is 0.328 e. The molecule has 3 nitrogen and oxygen atoms in total. The Morgan fingerprint density at radius 3 is 2.37 bits per heavy atom. The summed E-state index contributed by atoms with van der Waals surface area (Å²) in [5.74, 6) is -0.106. The minimum atomic E-state index is -0.932. The highest BCUT2D eigenvalue weighted by molar-refractivity contribution is 5.81. The third kappa shape index (κ3) is 5.25. The molecule has 1 rings (SSSR count). The summed E-state index contributed by atoms with van der Waals surface area (Å²) in [4.78, 5) is 10.5. The number of rotatable bonds is 5. The number of methoxy groups -OCH3 is 1. The molecule has 0 amide bonds. The van der Waals surface area contributed by atoms with Crippen LogP contribution in [0.4, 0.5) is 0 Å². The van der Waals surface area contributed by atoms with E-state index in [0.717, 1.165) is 16.9 Å². The Morgan fingerprint density at radius 1 is 1.21 bits per heavy atom. The molecular weight excluding hydrogens is 240 g/mol. The molecule has 0 saturated heterocycles. The van der Waals surface area contributed by atoms with Crippen molar-refractivity contribution in [2.24, 2.45) is 0 Å². The molecule has 0 aliphatic carbocycles. The van der Waals surface area contributed by atoms with Gasteiger partial charge in [-0.2, -0.15) is 0 Å². The molecule has 0 saturated carbocycles. The molecule has 0 spiro atoms. The molecule has 0 heterocycles. The normalized spacial score (nSPS) is 12.8. The van der Waals surface area contributed by atoms with Crippen LogP contribution in [0.2, 0.25) is 0 Å². The number of ether oxygens (including phenoxy) is 1. The topological polar surface area (TPSA) is 46.5 Å². The second-order valence-electron chi connectivity index (χ2n) is 4.16. The fourth-order valence-electron chi connectivity index (χ4n) is 1.54. The van der Waals surface area contributed by atoms with Crippen molar-refractivity contribution in [3.8, 4) is 5.75 Å². The average molecular weight is 258 g/mol. The molecule has 19 heavy (non-hydrogen) atoms. The smallest absolute Gasteiger partial charge is 0.328 e. The van der Waals surface area contributed by atoms with Crippen LogP contribution in [0.3, 0.4) is 0 Å². The van der Waals surface area contributed by atoms with Gasteiger partial charge in [0.2, 0.25) is 0 Å². The minimum absolute atomic E-state index is 0.700. The van der Waals surface area contributed by atoms with Gasteiger partial charge in [0.15, 0.2) is 0 Å². The van der Waals surface area contributed by atoms with E-state index in [1.165, 1.54) is 6.08 Å². The number of benzene rings is 1. The number of carboxylic acids is 1. The molecule has 0 atom stereocenters. The maximum atomic E-state index is 10.5. The van der Waals surface area contributed by atoms with Crippen molar-refractivity contribution in [3.63, 3.8) is 0 Å². The van der Waals surface area contributed by atoms with E-state index in [4.69, 9.17) is 9.84 Å². The summed E-state index contributed by atoms with van der Waals surface area (Å²) < 4.78 is 5.10. The fraction of sp³-hybridized carbons (Fsp3) is 0.188. The van der Waals surface area contributed by atoms with Crippen molar-refractivity contribution in [1.29, 1.82) is 0 Å². The van der Waals surface area contributed by atoms with Crippen LogP contribution in [0.5, 0.6) is 5.75 Å². The van der Waals surface area contributed by atoms with Crippen LogP contribution in [-0.4, -0.2) is 18.2 Å². The highest BCUT2D eigenvalue weighted by Crippen LogP contribution is 2.18. The van der Waals surface area contributed by atoms with E-state index in [9.17, 15) is 4.79 Å². The molecule has 1 N–H and O–H groups in total. The Hall–Kier alpha value is -2.29. The molecule has 0 aliphatic heterocycles. The highest BCUT2D eigenvalue weighted by atomic mass is 16.5. The lowest BCUT2D eigenvalue weighted by Crippen LogP contribution is -1.87. The molecule has 0 bridgehead atoms. The van der Waals surface area contributed by atoms with E-state index < -0.39 is 5.97 Å². The first-order valence-electron chi connectivity index (χ1n) is 5.93. The van der Waals surface area contributed by atoms with Crippen molar-refractivity contribution in [3.05, 3.63) is 59.7 Å². The molecule has 0 fully saturated rings. The summed E-state index contributed by atoms with van der Waals surface area (Å²) >= 11 is 0. The summed E-state index contributed by atoms with van der Waals surface area (Å²) in [6, 6.07) is 7.79. The van der Waals surface area contributed by atoms with E-state index in [1.807, 2.05) is 43.3 Å². The Bertz CT molecular complexity index is 519. The number of hydrogen-bond donors (Lipinski definition) is 1. The summed E-state index contributed by atoms with van der Waals surface area (Å²) in [6.07, 6.45) is 6.73. The molecule has 1 aromatic rings. The fourth-order valence-corrected chi connectivity index (χ4v) is 1.54. The molecule has 1 aromatic carbocycles. The number of carbonyl (C=O) groups is 1. The first-order chi connectivity index (χ1) is 9.02. The van der Waals surface area contributed by atoms with Crippen LogP contribution >= 0.6 is 0 Å². The zero-order valence-corrected chi connectivity index (χ0v) is 11.4. The predicted molar refractivity (Wildman–Crippen MR) is 77.2 cm³/mol. The van der Waals surface area contributed by atoms with Crippen LogP contribution in [0.15, 0.2) is 54.1 Å². The Labute approximate surface area is 113 Å². The van der Waals surface area contributed by atoms with Gasteiger partial charge in [-0.3, -0.25) is 0 Å². The van der Waals surface area contributed by atoms with Crippen LogP contribution in [0.25, 0.3) is 5.57 Å². The Kier molecular flexibility index (Phi) is 5.61. The zero-order chi connectivity index (χ0) is 14.3. The first-order valence-corrected chi connectivity index (χ1v) is 5.93. The third-order valence-corrected chi connectivity index (χ3v) is 2.60. The molecule has 0 radical (unpaired) electrons. The van der Waals surface area contributed by atoms with Crippen LogP contribution < -0.4 is 4.74 Å². The monoisotopic (exact) mass is 258 g/mol. The van der Waals surface area contributed by atoms with Crippen molar-refractivity contribution in [1.82, 2.24) is 0 Å². The molecular formula is C16H18O3. The number of allylic oxidation sites excluding steroid dienone is 5.